The third-order valence-electron chi connectivity index (χ3n) is 5.93. The van der Waals surface area contributed by atoms with E-state index in [1.54, 1.807) is 13.3 Å². The zero-order valence-corrected chi connectivity index (χ0v) is 17.4. The highest BCUT2D eigenvalue weighted by Gasteiger charge is 2.32. The molecule has 1 aromatic carbocycles. The van der Waals surface area contributed by atoms with Crippen LogP contribution in [0.1, 0.15) is 48.2 Å². The lowest BCUT2D eigenvalue weighted by atomic mass is 9.80. The van der Waals surface area contributed by atoms with Gasteiger partial charge in [0.25, 0.3) is 0 Å². The van der Waals surface area contributed by atoms with Crippen molar-refractivity contribution < 1.29 is 9.53 Å². The van der Waals surface area contributed by atoms with Crippen molar-refractivity contribution in [3.63, 3.8) is 0 Å². The second kappa shape index (κ2) is 8.97. The Labute approximate surface area is 172 Å². The van der Waals surface area contributed by atoms with E-state index in [1.165, 1.54) is 11.1 Å². The minimum atomic E-state index is 0. The molecule has 2 atom stereocenters. The molecule has 2 heterocycles. The summed E-state index contributed by atoms with van der Waals surface area (Å²) in [5.74, 6) is 2.38. The zero-order chi connectivity index (χ0) is 18.8. The van der Waals surface area contributed by atoms with Crippen molar-refractivity contribution in [3.05, 3.63) is 47.5 Å². The van der Waals surface area contributed by atoms with Crippen molar-refractivity contribution in [2.75, 3.05) is 26.7 Å². The third-order valence-corrected chi connectivity index (χ3v) is 5.93. The van der Waals surface area contributed by atoms with Gasteiger partial charge < -0.3 is 19.5 Å². The average Bonchev–Trinajstić information content (AvgIpc) is 3.13. The molecule has 0 radical (unpaired) electrons. The van der Waals surface area contributed by atoms with Gasteiger partial charge in [-0.2, -0.15) is 0 Å². The first-order valence-electron chi connectivity index (χ1n) is 9.81. The van der Waals surface area contributed by atoms with Crippen LogP contribution >= 0.6 is 12.4 Å². The summed E-state index contributed by atoms with van der Waals surface area (Å²) in [6.45, 7) is 2.33. The van der Waals surface area contributed by atoms with E-state index >= 15 is 0 Å². The van der Waals surface area contributed by atoms with E-state index in [0.717, 1.165) is 50.5 Å². The van der Waals surface area contributed by atoms with Gasteiger partial charge >= 0.3 is 0 Å². The maximum Gasteiger partial charge on any atom is 0.223 e. The van der Waals surface area contributed by atoms with E-state index in [2.05, 4.69) is 22.4 Å². The Balaban J connectivity index is 0.00000225. The molecule has 1 aromatic heterocycles. The number of aryl methyl sites for hydroxylation is 2. The summed E-state index contributed by atoms with van der Waals surface area (Å²) in [7, 11) is 3.69. The summed E-state index contributed by atoms with van der Waals surface area (Å²) in [5, 5.41) is 3.41. The predicted octanol–water partition coefficient (Wildman–Crippen LogP) is 2.83. The second-order valence-electron chi connectivity index (χ2n) is 7.56. The molecular weight excluding hydrogens is 376 g/mol. The van der Waals surface area contributed by atoms with E-state index in [0.29, 0.717) is 12.3 Å². The Morgan fingerprint density at radius 2 is 2.25 bits per heavy atom. The molecule has 1 aliphatic heterocycles. The molecule has 28 heavy (non-hydrogen) atoms. The largest absolute Gasteiger partial charge is 0.497 e. The Morgan fingerprint density at radius 3 is 3.00 bits per heavy atom. The topological polar surface area (TPSA) is 59.4 Å². The molecule has 7 heteroatoms. The van der Waals surface area contributed by atoms with Gasteiger partial charge in [0.05, 0.1) is 7.11 Å². The van der Waals surface area contributed by atoms with Gasteiger partial charge in [-0.1, -0.05) is 6.07 Å². The van der Waals surface area contributed by atoms with E-state index in [4.69, 9.17) is 4.74 Å². The molecule has 1 saturated heterocycles. The molecule has 2 aliphatic rings. The first-order chi connectivity index (χ1) is 13.2. The van der Waals surface area contributed by atoms with Gasteiger partial charge in [0, 0.05) is 45.5 Å². The van der Waals surface area contributed by atoms with E-state index in [1.807, 2.05) is 28.8 Å². The number of piperazine rings is 1. The summed E-state index contributed by atoms with van der Waals surface area (Å²) in [6.07, 6.45) is 7.59. The number of imidazole rings is 1. The average molecular weight is 405 g/mol. The highest BCUT2D eigenvalue weighted by molar-refractivity contribution is 5.85. The van der Waals surface area contributed by atoms with Crippen molar-refractivity contribution in [1.82, 2.24) is 19.8 Å². The first-order valence-corrected chi connectivity index (χ1v) is 9.81. The molecule has 1 amide bonds. The van der Waals surface area contributed by atoms with Crippen LogP contribution in [0.2, 0.25) is 0 Å². The number of nitrogens with one attached hydrogen (secondary N) is 1. The van der Waals surface area contributed by atoms with Crippen molar-refractivity contribution in [2.24, 2.45) is 7.05 Å². The number of fused-ring (bicyclic) bond motifs is 1. The molecule has 0 bridgehead atoms. The first kappa shape index (κ1) is 20.7. The number of methoxy groups -OCH3 is 1. The van der Waals surface area contributed by atoms with Gasteiger partial charge in [-0.15, -0.1) is 12.4 Å². The standard InChI is InChI=1S/C21H28N4O2.ClH/c1-24-10-9-23-21(24)19-14-22-8-11-25(19)20(26)13-16-5-3-4-15-12-17(27-2)6-7-18(15)16;/h6-7,9-10,12,16,19,22H,3-5,8,11,13-14H2,1-2H3;1H. The highest BCUT2D eigenvalue weighted by Crippen LogP contribution is 2.37. The van der Waals surface area contributed by atoms with Crippen LogP contribution < -0.4 is 10.1 Å². The van der Waals surface area contributed by atoms with Crippen molar-refractivity contribution >= 4 is 18.3 Å². The molecular formula is C21H29ClN4O2. The lowest BCUT2D eigenvalue weighted by molar-refractivity contribution is -0.135. The number of hydrogen-bond donors (Lipinski definition) is 1. The van der Waals surface area contributed by atoms with Gasteiger partial charge in [-0.05, 0) is 48.4 Å². The van der Waals surface area contributed by atoms with Gasteiger partial charge in [0.15, 0.2) is 0 Å². The number of carbonyl (C=O) groups excluding carboxylic acids is 1. The van der Waals surface area contributed by atoms with E-state index < -0.39 is 0 Å². The maximum atomic E-state index is 13.3. The minimum absolute atomic E-state index is 0. The van der Waals surface area contributed by atoms with Gasteiger partial charge in [0.2, 0.25) is 5.91 Å². The smallest absolute Gasteiger partial charge is 0.223 e. The van der Waals surface area contributed by atoms with E-state index in [9.17, 15) is 4.79 Å². The lowest BCUT2D eigenvalue weighted by Gasteiger charge is -2.37. The monoisotopic (exact) mass is 404 g/mol. The number of aromatic nitrogens is 2. The summed E-state index contributed by atoms with van der Waals surface area (Å²) < 4.78 is 7.38. The van der Waals surface area contributed by atoms with Crippen LogP contribution in [0, 0.1) is 0 Å². The summed E-state index contributed by atoms with van der Waals surface area (Å²) >= 11 is 0. The SMILES string of the molecule is COc1ccc2c(c1)CCCC2CC(=O)N1CCNCC1c1nccn1C.Cl. The molecule has 1 aliphatic carbocycles. The predicted molar refractivity (Wildman–Crippen MR) is 111 cm³/mol. The van der Waals surface area contributed by atoms with Crippen molar-refractivity contribution in [2.45, 2.75) is 37.6 Å². The van der Waals surface area contributed by atoms with Crippen molar-refractivity contribution in [3.8, 4) is 5.75 Å². The van der Waals surface area contributed by atoms with Crippen molar-refractivity contribution in [1.29, 1.82) is 0 Å². The van der Waals surface area contributed by atoms with Crippen LogP contribution in [0.3, 0.4) is 0 Å². The molecule has 0 saturated carbocycles. The summed E-state index contributed by atoms with van der Waals surface area (Å²) in [4.78, 5) is 19.8. The lowest BCUT2D eigenvalue weighted by Crippen LogP contribution is -2.49. The van der Waals surface area contributed by atoms with Gasteiger partial charge in [0.1, 0.15) is 17.6 Å². The quantitative estimate of drug-likeness (QED) is 0.851. The normalized spacial score (nSPS) is 21.6. The molecule has 4 rings (SSSR count). The van der Waals surface area contributed by atoms with Gasteiger partial charge in [-0.25, -0.2) is 4.98 Å². The highest BCUT2D eigenvalue weighted by atomic mass is 35.5. The molecule has 2 aromatic rings. The number of hydrogen-bond acceptors (Lipinski definition) is 4. The fourth-order valence-corrected chi connectivity index (χ4v) is 4.49. The fourth-order valence-electron chi connectivity index (χ4n) is 4.49. The van der Waals surface area contributed by atoms with Crippen LogP contribution in [0.25, 0.3) is 0 Å². The molecule has 2 unspecified atom stereocenters. The van der Waals surface area contributed by atoms with Crippen LogP contribution in [-0.4, -0.2) is 47.1 Å². The molecule has 152 valence electrons. The van der Waals surface area contributed by atoms with Crippen LogP contribution in [0.15, 0.2) is 30.6 Å². The Bertz CT molecular complexity index is 822. The fraction of sp³-hybridized carbons (Fsp3) is 0.524. The third kappa shape index (κ3) is 4.03. The number of ether oxygens (including phenoxy) is 1. The molecule has 1 fully saturated rings. The number of amides is 1. The molecule has 1 N–H and O–H groups in total. The molecule has 0 spiro atoms. The Kier molecular flexibility index (Phi) is 6.62. The number of halogens is 1. The van der Waals surface area contributed by atoms with Crippen LogP contribution in [0.5, 0.6) is 5.75 Å². The number of nitrogens with zero attached hydrogens (tertiary/aromatic N) is 3. The van der Waals surface area contributed by atoms with E-state index in [-0.39, 0.29) is 24.4 Å². The second-order valence-corrected chi connectivity index (χ2v) is 7.56. The van der Waals surface area contributed by atoms with Crippen LogP contribution in [0.4, 0.5) is 0 Å². The number of carbonyl (C=O) groups is 1. The number of benzene rings is 1. The Hall–Kier alpha value is -2.05. The number of rotatable bonds is 4. The van der Waals surface area contributed by atoms with Gasteiger partial charge in [-0.3, -0.25) is 4.79 Å². The molecule has 6 nitrogen and oxygen atoms in total. The summed E-state index contributed by atoms with van der Waals surface area (Å²) in [5.41, 5.74) is 2.65. The maximum absolute atomic E-state index is 13.3. The Morgan fingerprint density at radius 1 is 1.39 bits per heavy atom. The summed E-state index contributed by atoms with van der Waals surface area (Å²) in [6, 6.07) is 6.31. The van der Waals surface area contributed by atoms with Crippen LogP contribution in [-0.2, 0) is 18.3 Å². The minimum Gasteiger partial charge on any atom is -0.497 e. The zero-order valence-electron chi connectivity index (χ0n) is 16.6.